The Labute approximate surface area is 65.8 Å². The normalized spacial score (nSPS) is 10.5. The number of fused-ring (bicyclic) bond motifs is 1. The largest absolute Gasteiger partial charge is 0.228 e. The molecule has 0 N–H and O–H groups in total. The summed E-state index contributed by atoms with van der Waals surface area (Å²) in [6.45, 7) is 0. The van der Waals surface area contributed by atoms with Crippen LogP contribution in [0.1, 0.15) is 0 Å². The highest BCUT2D eigenvalue weighted by atomic mass is 79.9. The van der Waals surface area contributed by atoms with E-state index in [1.165, 1.54) is 0 Å². The van der Waals surface area contributed by atoms with Crippen LogP contribution in [0, 0.1) is 0 Å². The minimum Gasteiger partial charge on any atom is -0.228 e. The van der Waals surface area contributed by atoms with Crippen molar-refractivity contribution in [1.29, 1.82) is 0 Å². The van der Waals surface area contributed by atoms with Crippen LogP contribution in [0.25, 0.3) is 5.52 Å². The van der Waals surface area contributed by atoms with Crippen molar-refractivity contribution in [3.63, 3.8) is 0 Å². The molecular formula is C6H4BrN3. The highest BCUT2D eigenvalue weighted by Crippen LogP contribution is 2.08. The summed E-state index contributed by atoms with van der Waals surface area (Å²) in [4.78, 5) is 4.01. The van der Waals surface area contributed by atoms with Crippen LogP contribution >= 0.6 is 15.9 Å². The van der Waals surface area contributed by atoms with Crippen LogP contribution in [-0.4, -0.2) is 14.6 Å². The van der Waals surface area contributed by atoms with Crippen LogP contribution in [0.15, 0.2) is 29.3 Å². The fourth-order valence-corrected chi connectivity index (χ4v) is 1.21. The van der Waals surface area contributed by atoms with E-state index in [4.69, 9.17) is 0 Å². The van der Waals surface area contributed by atoms with Crippen molar-refractivity contribution in [1.82, 2.24) is 14.6 Å². The van der Waals surface area contributed by atoms with Gasteiger partial charge in [-0.2, -0.15) is 5.10 Å². The van der Waals surface area contributed by atoms with E-state index in [2.05, 4.69) is 26.0 Å². The first-order chi connectivity index (χ1) is 4.88. The molecule has 2 aromatic heterocycles. The number of nitrogens with zero attached hydrogens (tertiary/aromatic N) is 3. The van der Waals surface area contributed by atoms with Gasteiger partial charge in [0.15, 0.2) is 4.73 Å². The molecule has 0 fully saturated rings. The monoisotopic (exact) mass is 197 g/mol. The summed E-state index contributed by atoms with van der Waals surface area (Å²) < 4.78 is 2.46. The van der Waals surface area contributed by atoms with Crippen molar-refractivity contribution in [2.45, 2.75) is 0 Å². The fraction of sp³-hybridized carbons (Fsp3) is 0. The van der Waals surface area contributed by atoms with E-state index in [9.17, 15) is 0 Å². The van der Waals surface area contributed by atoms with Gasteiger partial charge >= 0.3 is 0 Å². The zero-order chi connectivity index (χ0) is 6.97. The third-order valence-electron chi connectivity index (χ3n) is 1.26. The molecule has 0 spiro atoms. The third-order valence-corrected chi connectivity index (χ3v) is 1.80. The summed E-state index contributed by atoms with van der Waals surface area (Å²) >= 11 is 3.26. The summed E-state index contributed by atoms with van der Waals surface area (Å²) in [5.74, 6) is 0. The number of imidazole rings is 1. The molecule has 0 aliphatic heterocycles. The van der Waals surface area contributed by atoms with Gasteiger partial charge in [-0.25, -0.2) is 9.50 Å². The average molecular weight is 198 g/mol. The van der Waals surface area contributed by atoms with Gasteiger partial charge in [-0.1, -0.05) is 0 Å². The van der Waals surface area contributed by atoms with Crippen molar-refractivity contribution in [3.8, 4) is 0 Å². The summed E-state index contributed by atoms with van der Waals surface area (Å²) in [7, 11) is 0. The number of hydrogen-bond acceptors (Lipinski definition) is 2. The zero-order valence-corrected chi connectivity index (χ0v) is 6.62. The van der Waals surface area contributed by atoms with Crippen molar-refractivity contribution in [2.75, 3.05) is 0 Å². The molecule has 0 saturated heterocycles. The molecular weight excluding hydrogens is 194 g/mol. The summed E-state index contributed by atoms with van der Waals surface area (Å²) in [6.07, 6.45) is 3.48. The Morgan fingerprint density at radius 1 is 1.50 bits per heavy atom. The van der Waals surface area contributed by atoms with Crippen LogP contribution < -0.4 is 0 Å². The maximum atomic E-state index is 4.05. The van der Waals surface area contributed by atoms with Crippen LogP contribution in [0.4, 0.5) is 0 Å². The van der Waals surface area contributed by atoms with E-state index in [0.717, 1.165) is 10.3 Å². The highest BCUT2D eigenvalue weighted by molar-refractivity contribution is 9.10. The molecule has 2 heterocycles. The number of rotatable bonds is 0. The lowest BCUT2D eigenvalue weighted by Gasteiger charge is -1.88. The predicted molar refractivity (Wildman–Crippen MR) is 40.7 cm³/mol. The first kappa shape index (κ1) is 5.85. The maximum Gasteiger partial charge on any atom is 0.198 e. The molecule has 0 aliphatic rings. The Bertz CT molecular complexity index is 355. The number of hydrogen-bond donors (Lipinski definition) is 0. The molecule has 0 amide bonds. The van der Waals surface area contributed by atoms with E-state index < -0.39 is 0 Å². The summed E-state index contributed by atoms with van der Waals surface area (Å²) in [6, 6.07) is 3.83. The second-order valence-corrected chi connectivity index (χ2v) is 2.60. The molecule has 0 unspecified atom stereocenters. The maximum absolute atomic E-state index is 4.05. The van der Waals surface area contributed by atoms with Gasteiger partial charge in [-0.15, -0.1) is 0 Å². The molecule has 0 saturated carbocycles. The molecule has 4 heteroatoms. The lowest BCUT2D eigenvalue weighted by Crippen LogP contribution is -1.87. The molecule has 0 bridgehead atoms. The number of aromatic nitrogens is 3. The van der Waals surface area contributed by atoms with Crippen LogP contribution in [0.3, 0.4) is 0 Å². The fourth-order valence-electron chi connectivity index (χ4n) is 0.810. The smallest absolute Gasteiger partial charge is 0.198 e. The Balaban J connectivity index is 2.93. The minimum absolute atomic E-state index is 0.739. The highest BCUT2D eigenvalue weighted by Gasteiger charge is 1.96. The number of halogens is 1. The lowest BCUT2D eigenvalue weighted by atomic mass is 10.5. The van der Waals surface area contributed by atoms with E-state index >= 15 is 0 Å². The van der Waals surface area contributed by atoms with Gasteiger partial charge in [-0.3, -0.25) is 0 Å². The standard InChI is InChI=1S/C6H4BrN3/c7-6-8-4-5-2-1-3-9-10(5)6/h1-4H. The Morgan fingerprint density at radius 3 is 3.20 bits per heavy atom. The molecule has 2 rings (SSSR count). The molecule has 3 nitrogen and oxygen atoms in total. The van der Waals surface area contributed by atoms with Crippen molar-refractivity contribution < 1.29 is 0 Å². The first-order valence-corrected chi connectivity index (χ1v) is 3.61. The van der Waals surface area contributed by atoms with Crippen molar-refractivity contribution >= 4 is 21.4 Å². The van der Waals surface area contributed by atoms with Crippen molar-refractivity contribution in [2.24, 2.45) is 0 Å². The van der Waals surface area contributed by atoms with E-state index in [1.54, 1.807) is 16.9 Å². The van der Waals surface area contributed by atoms with Gasteiger partial charge in [0.05, 0.1) is 11.7 Å². The van der Waals surface area contributed by atoms with Gasteiger partial charge in [0.2, 0.25) is 0 Å². The summed E-state index contributed by atoms with van der Waals surface area (Å²) in [5, 5.41) is 4.05. The van der Waals surface area contributed by atoms with Crippen LogP contribution in [0.2, 0.25) is 0 Å². The quantitative estimate of drug-likeness (QED) is 0.641. The zero-order valence-electron chi connectivity index (χ0n) is 5.03. The molecule has 2 aromatic rings. The Morgan fingerprint density at radius 2 is 2.40 bits per heavy atom. The second-order valence-electron chi connectivity index (χ2n) is 1.89. The predicted octanol–water partition coefficient (Wildman–Crippen LogP) is 1.49. The van der Waals surface area contributed by atoms with Gasteiger partial charge in [0, 0.05) is 6.20 Å². The minimum atomic E-state index is 0.739. The van der Waals surface area contributed by atoms with Crippen LogP contribution in [-0.2, 0) is 0 Å². The van der Waals surface area contributed by atoms with Gasteiger partial charge < -0.3 is 0 Å². The third kappa shape index (κ3) is 0.724. The van der Waals surface area contributed by atoms with Gasteiger partial charge in [0.25, 0.3) is 0 Å². The molecule has 0 radical (unpaired) electrons. The lowest BCUT2D eigenvalue weighted by molar-refractivity contribution is 0.898. The average Bonchev–Trinajstić information content (AvgIpc) is 2.34. The van der Waals surface area contributed by atoms with Gasteiger partial charge in [0.1, 0.15) is 0 Å². The molecule has 10 heavy (non-hydrogen) atoms. The topological polar surface area (TPSA) is 30.2 Å². The van der Waals surface area contributed by atoms with Gasteiger partial charge in [-0.05, 0) is 28.1 Å². The molecule has 50 valence electrons. The van der Waals surface area contributed by atoms with Crippen molar-refractivity contribution in [3.05, 3.63) is 29.3 Å². The summed E-state index contributed by atoms with van der Waals surface area (Å²) in [5.41, 5.74) is 0.995. The molecule has 0 aromatic carbocycles. The Kier molecular flexibility index (Phi) is 1.20. The van der Waals surface area contributed by atoms with E-state index in [0.29, 0.717) is 0 Å². The second kappa shape index (κ2) is 2.05. The van der Waals surface area contributed by atoms with E-state index in [-0.39, 0.29) is 0 Å². The Hall–Kier alpha value is -0.900. The van der Waals surface area contributed by atoms with E-state index in [1.807, 2.05) is 12.1 Å². The first-order valence-electron chi connectivity index (χ1n) is 2.82. The molecule has 0 atom stereocenters. The SMILES string of the molecule is Brc1ncc2cccnn12. The molecule has 0 aliphatic carbocycles. The van der Waals surface area contributed by atoms with Crippen LogP contribution in [0.5, 0.6) is 0 Å².